The zero-order valence-electron chi connectivity index (χ0n) is 18.3. The third kappa shape index (κ3) is 4.72. The van der Waals surface area contributed by atoms with Crippen molar-refractivity contribution >= 4 is 11.8 Å². The van der Waals surface area contributed by atoms with Crippen LogP contribution in [0.15, 0.2) is 78.0 Å². The molecule has 0 aliphatic carbocycles. The van der Waals surface area contributed by atoms with Gasteiger partial charge < -0.3 is 0 Å². The van der Waals surface area contributed by atoms with E-state index in [4.69, 9.17) is 0 Å². The highest BCUT2D eigenvalue weighted by atomic mass is 32.2. The summed E-state index contributed by atoms with van der Waals surface area (Å²) in [6, 6.07) is 23.6. The minimum absolute atomic E-state index is 0.0872. The second-order valence-corrected chi connectivity index (χ2v) is 9.63. The Morgan fingerprint density at radius 2 is 1.55 bits per heavy atom. The van der Waals surface area contributed by atoms with Crippen molar-refractivity contribution in [2.75, 3.05) is 0 Å². The summed E-state index contributed by atoms with van der Waals surface area (Å²) in [7, 11) is 0. The molecule has 0 atom stereocenters. The van der Waals surface area contributed by atoms with Crippen LogP contribution in [0, 0.1) is 12.7 Å². The highest BCUT2D eigenvalue weighted by Crippen LogP contribution is 2.31. The number of aromatic nitrogens is 3. The molecule has 5 heteroatoms. The molecule has 0 N–H and O–H groups in total. The van der Waals surface area contributed by atoms with Gasteiger partial charge in [0.05, 0.1) is 0 Å². The van der Waals surface area contributed by atoms with E-state index in [0.717, 1.165) is 22.2 Å². The van der Waals surface area contributed by atoms with Gasteiger partial charge in [0.2, 0.25) is 0 Å². The van der Waals surface area contributed by atoms with Crippen LogP contribution in [0.1, 0.15) is 37.5 Å². The van der Waals surface area contributed by atoms with Gasteiger partial charge in [-0.1, -0.05) is 92.7 Å². The lowest BCUT2D eigenvalue weighted by atomic mass is 9.87. The molecular formula is C26H26FN3S. The Hall–Kier alpha value is -2.92. The van der Waals surface area contributed by atoms with Crippen LogP contribution in [-0.2, 0) is 11.2 Å². The van der Waals surface area contributed by atoms with E-state index in [-0.39, 0.29) is 11.2 Å². The highest BCUT2D eigenvalue weighted by Gasteiger charge is 2.18. The first-order chi connectivity index (χ1) is 14.8. The van der Waals surface area contributed by atoms with Crippen molar-refractivity contribution in [2.24, 2.45) is 0 Å². The van der Waals surface area contributed by atoms with Crippen molar-refractivity contribution in [1.82, 2.24) is 14.8 Å². The van der Waals surface area contributed by atoms with E-state index < -0.39 is 0 Å². The third-order valence-corrected chi connectivity index (χ3v) is 6.23. The summed E-state index contributed by atoms with van der Waals surface area (Å²) < 4.78 is 16.2. The maximum Gasteiger partial charge on any atom is 0.196 e. The quantitative estimate of drug-likeness (QED) is 0.320. The lowest BCUT2D eigenvalue weighted by Gasteiger charge is -2.19. The van der Waals surface area contributed by atoms with E-state index in [9.17, 15) is 4.39 Å². The fourth-order valence-electron chi connectivity index (χ4n) is 3.35. The lowest BCUT2D eigenvalue weighted by molar-refractivity contribution is 0.590. The van der Waals surface area contributed by atoms with Gasteiger partial charge >= 0.3 is 0 Å². The van der Waals surface area contributed by atoms with Gasteiger partial charge in [-0.3, -0.25) is 4.57 Å². The Balaban J connectivity index is 1.73. The molecule has 0 bridgehead atoms. The highest BCUT2D eigenvalue weighted by molar-refractivity contribution is 7.98. The second kappa shape index (κ2) is 8.67. The number of nitrogens with zero attached hydrogens (tertiary/aromatic N) is 3. The number of hydrogen-bond donors (Lipinski definition) is 0. The number of benzene rings is 3. The van der Waals surface area contributed by atoms with Gasteiger partial charge in [-0.2, -0.15) is 0 Å². The Kier molecular flexibility index (Phi) is 5.96. The summed E-state index contributed by atoms with van der Waals surface area (Å²) >= 11 is 1.49. The summed E-state index contributed by atoms with van der Waals surface area (Å²) in [5.74, 6) is 1.06. The summed E-state index contributed by atoms with van der Waals surface area (Å²) in [6.07, 6.45) is 0. The summed E-state index contributed by atoms with van der Waals surface area (Å²) in [5, 5.41) is 9.71. The molecule has 0 fully saturated rings. The summed E-state index contributed by atoms with van der Waals surface area (Å²) in [6.45, 7) is 8.67. The molecule has 1 aromatic heterocycles. The Morgan fingerprint density at radius 1 is 0.871 bits per heavy atom. The maximum atomic E-state index is 14.1. The topological polar surface area (TPSA) is 30.7 Å². The first-order valence-electron chi connectivity index (χ1n) is 10.3. The van der Waals surface area contributed by atoms with Crippen LogP contribution in [0.5, 0.6) is 0 Å². The normalized spacial score (nSPS) is 11.6. The first-order valence-corrected chi connectivity index (χ1v) is 11.3. The standard InChI is InChI=1S/C26H26FN3S/c1-18-9-15-22(16-10-18)30-24(19-11-13-21(14-12-19)26(2,3)4)28-29-25(30)31-17-20-7-5-6-8-23(20)27/h5-16H,17H2,1-4H3. The van der Waals surface area contributed by atoms with Gasteiger partial charge in [0.1, 0.15) is 5.82 Å². The zero-order valence-corrected chi connectivity index (χ0v) is 19.1. The first kappa shape index (κ1) is 21.3. The van der Waals surface area contributed by atoms with E-state index in [1.807, 2.05) is 6.07 Å². The lowest BCUT2D eigenvalue weighted by Crippen LogP contribution is -2.10. The van der Waals surface area contributed by atoms with Crippen LogP contribution < -0.4 is 0 Å². The van der Waals surface area contributed by atoms with Crippen molar-refractivity contribution in [2.45, 2.75) is 44.0 Å². The SMILES string of the molecule is Cc1ccc(-n2c(SCc3ccccc3F)nnc2-c2ccc(C(C)(C)C)cc2)cc1. The minimum Gasteiger partial charge on any atom is -0.270 e. The zero-order chi connectivity index (χ0) is 22.0. The molecule has 0 saturated heterocycles. The average molecular weight is 432 g/mol. The Bertz CT molecular complexity index is 1170. The van der Waals surface area contributed by atoms with Crippen LogP contribution in [0.3, 0.4) is 0 Å². The predicted octanol–water partition coefficient (Wildman–Crippen LogP) is 6.97. The minimum atomic E-state index is -0.200. The molecule has 0 unspecified atom stereocenters. The van der Waals surface area contributed by atoms with Gasteiger partial charge in [0.25, 0.3) is 0 Å². The molecule has 0 aliphatic rings. The molecule has 4 rings (SSSR count). The van der Waals surface area contributed by atoms with Crippen molar-refractivity contribution in [1.29, 1.82) is 0 Å². The average Bonchev–Trinajstić information content (AvgIpc) is 3.17. The maximum absolute atomic E-state index is 14.1. The molecule has 0 spiro atoms. The van der Waals surface area contributed by atoms with Crippen LogP contribution >= 0.6 is 11.8 Å². The monoisotopic (exact) mass is 431 g/mol. The summed E-state index contributed by atoms with van der Waals surface area (Å²) in [4.78, 5) is 0. The van der Waals surface area contributed by atoms with Crippen molar-refractivity contribution in [3.63, 3.8) is 0 Å². The molecule has 4 aromatic rings. The second-order valence-electron chi connectivity index (χ2n) is 8.68. The van der Waals surface area contributed by atoms with Crippen LogP contribution in [0.4, 0.5) is 4.39 Å². The van der Waals surface area contributed by atoms with E-state index in [1.54, 1.807) is 12.1 Å². The number of hydrogen-bond acceptors (Lipinski definition) is 3. The third-order valence-electron chi connectivity index (χ3n) is 5.25. The molecule has 158 valence electrons. The van der Waals surface area contributed by atoms with Gasteiger partial charge in [-0.05, 0) is 41.7 Å². The molecule has 0 saturated carbocycles. The van der Waals surface area contributed by atoms with E-state index in [0.29, 0.717) is 11.3 Å². The molecule has 1 heterocycles. The molecule has 3 nitrogen and oxygen atoms in total. The number of halogens is 1. The van der Waals surface area contributed by atoms with E-state index in [1.165, 1.54) is 29.0 Å². The van der Waals surface area contributed by atoms with Crippen molar-refractivity contribution in [3.05, 3.63) is 95.3 Å². The summed E-state index contributed by atoms with van der Waals surface area (Å²) in [5.41, 5.74) is 5.19. The van der Waals surface area contributed by atoms with Gasteiger partial charge in [-0.25, -0.2) is 4.39 Å². The fourth-order valence-corrected chi connectivity index (χ4v) is 4.29. The van der Waals surface area contributed by atoms with Crippen molar-refractivity contribution < 1.29 is 4.39 Å². The molecular weight excluding hydrogens is 405 g/mol. The van der Waals surface area contributed by atoms with Crippen molar-refractivity contribution in [3.8, 4) is 17.1 Å². The molecule has 0 amide bonds. The number of thioether (sulfide) groups is 1. The van der Waals surface area contributed by atoms with Gasteiger partial charge in [0.15, 0.2) is 11.0 Å². The largest absolute Gasteiger partial charge is 0.270 e. The van der Waals surface area contributed by atoms with Gasteiger partial charge in [0, 0.05) is 17.0 Å². The number of rotatable bonds is 5. The molecule has 3 aromatic carbocycles. The van der Waals surface area contributed by atoms with Gasteiger partial charge in [-0.15, -0.1) is 10.2 Å². The van der Waals surface area contributed by atoms with Crippen LogP contribution in [0.2, 0.25) is 0 Å². The van der Waals surface area contributed by atoms with Crippen LogP contribution in [0.25, 0.3) is 17.1 Å². The predicted molar refractivity (Wildman–Crippen MR) is 126 cm³/mol. The molecule has 0 radical (unpaired) electrons. The molecule has 0 aliphatic heterocycles. The number of aryl methyl sites for hydroxylation is 1. The smallest absolute Gasteiger partial charge is 0.196 e. The van der Waals surface area contributed by atoms with E-state index in [2.05, 4.69) is 91.0 Å². The Morgan fingerprint density at radius 3 is 2.19 bits per heavy atom. The Labute approximate surface area is 187 Å². The fraction of sp³-hybridized carbons (Fsp3) is 0.231. The van der Waals surface area contributed by atoms with Crippen LogP contribution in [-0.4, -0.2) is 14.8 Å². The molecule has 31 heavy (non-hydrogen) atoms. The van der Waals surface area contributed by atoms with E-state index >= 15 is 0 Å².